The highest BCUT2D eigenvalue weighted by Crippen LogP contribution is 2.16. The molecule has 3 heteroatoms. The van der Waals surface area contributed by atoms with E-state index >= 15 is 0 Å². The minimum atomic E-state index is -0.520. The summed E-state index contributed by atoms with van der Waals surface area (Å²) in [5.74, 6) is -1.01. The van der Waals surface area contributed by atoms with E-state index in [1.54, 1.807) is 6.07 Å². The maximum atomic E-state index is 13.2. The Balaban J connectivity index is 2.92. The lowest BCUT2D eigenvalue weighted by molar-refractivity contribution is 0.288. The van der Waals surface area contributed by atoms with Crippen molar-refractivity contribution in [3.63, 3.8) is 0 Å². The standard InChI is InChI=1S/C11H14F2O/c1-2-8-6-9(4-3-5-14)11(13)7-10(8)12/h6-7,14H,2-5H2,1H3. The lowest BCUT2D eigenvalue weighted by Gasteiger charge is -2.06. The molecule has 0 saturated carbocycles. The average Bonchev–Trinajstić information content (AvgIpc) is 2.17. The van der Waals surface area contributed by atoms with Gasteiger partial charge in [0.05, 0.1) is 0 Å². The van der Waals surface area contributed by atoms with E-state index < -0.39 is 11.6 Å². The summed E-state index contributed by atoms with van der Waals surface area (Å²) < 4.78 is 26.2. The molecule has 1 nitrogen and oxygen atoms in total. The Hall–Kier alpha value is -0.960. The number of aliphatic hydroxyl groups excluding tert-OH is 1. The van der Waals surface area contributed by atoms with Gasteiger partial charge in [0.1, 0.15) is 11.6 Å². The summed E-state index contributed by atoms with van der Waals surface area (Å²) in [7, 11) is 0. The van der Waals surface area contributed by atoms with Crippen LogP contribution in [0.1, 0.15) is 24.5 Å². The summed E-state index contributed by atoms with van der Waals surface area (Å²) in [5, 5.41) is 8.60. The lowest BCUT2D eigenvalue weighted by Crippen LogP contribution is -1.98. The van der Waals surface area contributed by atoms with Gasteiger partial charge in [-0.3, -0.25) is 0 Å². The number of hydrogen-bond acceptors (Lipinski definition) is 1. The monoisotopic (exact) mass is 200 g/mol. The second-order valence-electron chi connectivity index (χ2n) is 3.22. The minimum absolute atomic E-state index is 0.0261. The number of hydrogen-bond donors (Lipinski definition) is 1. The molecule has 0 unspecified atom stereocenters. The topological polar surface area (TPSA) is 20.2 Å². The van der Waals surface area contributed by atoms with Crippen molar-refractivity contribution in [1.29, 1.82) is 0 Å². The highest BCUT2D eigenvalue weighted by Gasteiger charge is 2.08. The van der Waals surface area contributed by atoms with Gasteiger partial charge in [-0.25, -0.2) is 8.78 Å². The molecule has 0 aliphatic carbocycles. The van der Waals surface area contributed by atoms with E-state index in [4.69, 9.17) is 5.11 Å². The Bertz CT molecular complexity index is 310. The molecule has 0 fully saturated rings. The zero-order valence-electron chi connectivity index (χ0n) is 8.19. The molecule has 78 valence electrons. The van der Waals surface area contributed by atoms with E-state index in [1.807, 2.05) is 6.92 Å². The van der Waals surface area contributed by atoms with Gasteiger partial charge in [0.25, 0.3) is 0 Å². The molecule has 0 spiro atoms. The summed E-state index contributed by atoms with van der Waals surface area (Å²) in [6.07, 6.45) is 1.51. The minimum Gasteiger partial charge on any atom is -0.396 e. The number of halogens is 2. The first kappa shape index (κ1) is 11.1. The SMILES string of the molecule is CCc1cc(CCCO)c(F)cc1F. The van der Waals surface area contributed by atoms with E-state index in [9.17, 15) is 8.78 Å². The summed E-state index contributed by atoms with van der Waals surface area (Å²) >= 11 is 0. The first-order valence-corrected chi connectivity index (χ1v) is 4.76. The maximum Gasteiger partial charge on any atom is 0.129 e. The van der Waals surface area contributed by atoms with Gasteiger partial charge in [-0.1, -0.05) is 6.92 Å². The van der Waals surface area contributed by atoms with Gasteiger partial charge in [0.15, 0.2) is 0 Å². The predicted molar refractivity (Wildman–Crippen MR) is 51.1 cm³/mol. The first-order valence-electron chi connectivity index (χ1n) is 4.76. The Kier molecular flexibility index (Phi) is 4.01. The van der Waals surface area contributed by atoms with E-state index in [0.717, 1.165) is 6.07 Å². The fraction of sp³-hybridized carbons (Fsp3) is 0.455. The molecule has 0 radical (unpaired) electrons. The third kappa shape index (κ3) is 2.51. The van der Waals surface area contributed by atoms with Crippen LogP contribution in [0.15, 0.2) is 12.1 Å². The third-order valence-corrected chi connectivity index (χ3v) is 2.20. The molecule has 0 aliphatic heterocycles. The first-order chi connectivity index (χ1) is 6.69. The number of rotatable bonds is 4. The van der Waals surface area contributed by atoms with Crippen molar-refractivity contribution in [2.75, 3.05) is 6.61 Å². The zero-order valence-corrected chi connectivity index (χ0v) is 8.19. The van der Waals surface area contributed by atoms with Crippen molar-refractivity contribution in [2.24, 2.45) is 0 Å². The summed E-state index contributed by atoms with van der Waals surface area (Å²) in [6, 6.07) is 2.46. The molecule has 0 bridgehead atoms. The Morgan fingerprint density at radius 1 is 1.14 bits per heavy atom. The van der Waals surface area contributed by atoms with Gasteiger partial charge in [0.2, 0.25) is 0 Å². The number of benzene rings is 1. The van der Waals surface area contributed by atoms with Crippen LogP contribution in [0, 0.1) is 11.6 Å². The van der Waals surface area contributed by atoms with Crippen LogP contribution < -0.4 is 0 Å². The van der Waals surface area contributed by atoms with Crippen molar-refractivity contribution in [3.05, 3.63) is 34.9 Å². The number of aryl methyl sites for hydroxylation is 2. The molecule has 1 rings (SSSR count). The van der Waals surface area contributed by atoms with Crippen LogP contribution in [-0.4, -0.2) is 11.7 Å². The molecule has 1 aromatic rings. The summed E-state index contributed by atoms with van der Waals surface area (Å²) in [4.78, 5) is 0. The zero-order chi connectivity index (χ0) is 10.6. The average molecular weight is 200 g/mol. The molecule has 0 heterocycles. The van der Waals surface area contributed by atoms with E-state index in [-0.39, 0.29) is 6.61 Å². The van der Waals surface area contributed by atoms with Crippen LogP contribution in [0.4, 0.5) is 8.78 Å². The quantitative estimate of drug-likeness (QED) is 0.791. The Morgan fingerprint density at radius 3 is 2.36 bits per heavy atom. The molecule has 0 saturated heterocycles. The van der Waals surface area contributed by atoms with Gasteiger partial charge in [-0.15, -0.1) is 0 Å². The Labute approximate surface area is 82.4 Å². The largest absolute Gasteiger partial charge is 0.396 e. The summed E-state index contributed by atoms with van der Waals surface area (Å²) in [6.45, 7) is 1.85. The lowest BCUT2D eigenvalue weighted by atomic mass is 10.0. The fourth-order valence-electron chi connectivity index (χ4n) is 1.38. The van der Waals surface area contributed by atoms with Crippen molar-refractivity contribution >= 4 is 0 Å². The van der Waals surface area contributed by atoms with Gasteiger partial charge in [-0.05, 0) is 36.5 Å². The van der Waals surface area contributed by atoms with Gasteiger partial charge in [-0.2, -0.15) is 0 Å². The van der Waals surface area contributed by atoms with E-state index in [2.05, 4.69) is 0 Å². The van der Waals surface area contributed by atoms with Gasteiger partial charge < -0.3 is 5.11 Å². The molecule has 0 amide bonds. The Morgan fingerprint density at radius 2 is 1.79 bits per heavy atom. The van der Waals surface area contributed by atoms with E-state index in [1.165, 1.54) is 0 Å². The van der Waals surface area contributed by atoms with Crippen LogP contribution in [0.3, 0.4) is 0 Å². The molecule has 0 aromatic heterocycles. The van der Waals surface area contributed by atoms with Crippen LogP contribution in [-0.2, 0) is 12.8 Å². The second-order valence-corrected chi connectivity index (χ2v) is 3.22. The smallest absolute Gasteiger partial charge is 0.129 e. The van der Waals surface area contributed by atoms with Crippen molar-refractivity contribution < 1.29 is 13.9 Å². The molecule has 0 atom stereocenters. The van der Waals surface area contributed by atoms with Crippen molar-refractivity contribution in [1.82, 2.24) is 0 Å². The molecular formula is C11H14F2O. The van der Waals surface area contributed by atoms with Gasteiger partial charge >= 0.3 is 0 Å². The molecule has 0 aliphatic rings. The van der Waals surface area contributed by atoms with Crippen molar-refractivity contribution in [3.8, 4) is 0 Å². The fourth-order valence-corrected chi connectivity index (χ4v) is 1.38. The molecule has 1 N–H and O–H groups in total. The molecule has 14 heavy (non-hydrogen) atoms. The highest BCUT2D eigenvalue weighted by atomic mass is 19.1. The van der Waals surface area contributed by atoms with Crippen LogP contribution in [0.2, 0.25) is 0 Å². The van der Waals surface area contributed by atoms with Crippen LogP contribution in [0.25, 0.3) is 0 Å². The highest BCUT2D eigenvalue weighted by molar-refractivity contribution is 5.26. The normalized spacial score (nSPS) is 10.6. The van der Waals surface area contributed by atoms with Crippen molar-refractivity contribution in [2.45, 2.75) is 26.2 Å². The van der Waals surface area contributed by atoms with Crippen LogP contribution in [0.5, 0.6) is 0 Å². The summed E-state index contributed by atoms with van der Waals surface area (Å²) in [5.41, 5.74) is 1.01. The second kappa shape index (κ2) is 5.05. The van der Waals surface area contributed by atoms with E-state index in [0.29, 0.717) is 30.4 Å². The molecule has 1 aromatic carbocycles. The van der Waals surface area contributed by atoms with Crippen LogP contribution >= 0.6 is 0 Å². The maximum absolute atomic E-state index is 13.2. The molecular weight excluding hydrogens is 186 g/mol. The predicted octanol–water partition coefficient (Wildman–Crippen LogP) is 2.45. The van der Waals surface area contributed by atoms with Gasteiger partial charge in [0, 0.05) is 12.7 Å². The number of aliphatic hydroxyl groups is 1. The third-order valence-electron chi connectivity index (χ3n) is 2.20.